The summed E-state index contributed by atoms with van der Waals surface area (Å²) in [5.41, 5.74) is 3.62. The summed E-state index contributed by atoms with van der Waals surface area (Å²) in [6.45, 7) is 5.77. The van der Waals surface area contributed by atoms with Crippen molar-refractivity contribution in [3.63, 3.8) is 0 Å². The van der Waals surface area contributed by atoms with Gasteiger partial charge in [-0.1, -0.05) is 29.8 Å². The third-order valence-corrected chi connectivity index (χ3v) is 6.50. The number of aliphatic imine (C=N–C) groups is 1. The maximum atomic E-state index is 13.2. The predicted octanol–water partition coefficient (Wildman–Crippen LogP) is 3.76. The number of carbonyl (C=O) groups is 2. The summed E-state index contributed by atoms with van der Waals surface area (Å²) >= 11 is 6.13. The van der Waals surface area contributed by atoms with Crippen molar-refractivity contribution < 1.29 is 14.3 Å². The Morgan fingerprint density at radius 1 is 1.15 bits per heavy atom. The van der Waals surface area contributed by atoms with Crippen molar-refractivity contribution in [2.24, 2.45) is 4.99 Å². The Kier molecular flexibility index (Phi) is 7.22. The standard InChI is InChI=1S/C26H29ClN4O3/c1-17-7-8-20(14-23(17)34-3)25(32)30-11-12-31(18(2)16-30)26(33)24-28-10-9-21(15-29-24)19-5-4-6-22(27)13-19/h4-8,13-15,18H,9-12,16H2,1-3H3,(H,28,29). The maximum Gasteiger partial charge on any atom is 0.289 e. The summed E-state index contributed by atoms with van der Waals surface area (Å²) < 4.78 is 5.36. The van der Waals surface area contributed by atoms with Crippen LogP contribution in [0.2, 0.25) is 5.02 Å². The number of nitrogens with zero attached hydrogens (tertiary/aromatic N) is 3. The van der Waals surface area contributed by atoms with Gasteiger partial charge in [0.25, 0.3) is 11.8 Å². The van der Waals surface area contributed by atoms with Gasteiger partial charge >= 0.3 is 0 Å². The molecule has 0 radical (unpaired) electrons. The summed E-state index contributed by atoms with van der Waals surface area (Å²) in [5.74, 6) is 0.804. The predicted molar refractivity (Wildman–Crippen MR) is 134 cm³/mol. The number of ether oxygens (including phenoxy) is 1. The van der Waals surface area contributed by atoms with Crippen LogP contribution in [0.3, 0.4) is 0 Å². The highest BCUT2D eigenvalue weighted by atomic mass is 35.5. The zero-order valence-corrected chi connectivity index (χ0v) is 20.4. The van der Waals surface area contributed by atoms with E-state index in [1.165, 1.54) is 0 Å². The molecule has 2 aliphatic heterocycles. The SMILES string of the molecule is COc1cc(C(=O)N2CCN(C(=O)C3=NCCC(c4cccc(Cl)c4)=CN3)C(C)C2)ccc1C. The molecule has 8 heteroatoms. The minimum absolute atomic E-state index is 0.0590. The Morgan fingerprint density at radius 2 is 1.97 bits per heavy atom. The zero-order chi connectivity index (χ0) is 24.2. The molecule has 1 fully saturated rings. The van der Waals surface area contributed by atoms with Crippen LogP contribution >= 0.6 is 11.6 Å². The summed E-state index contributed by atoms with van der Waals surface area (Å²) in [5, 5.41) is 3.78. The van der Waals surface area contributed by atoms with Gasteiger partial charge in [-0.2, -0.15) is 0 Å². The highest BCUT2D eigenvalue weighted by Crippen LogP contribution is 2.23. The highest BCUT2D eigenvalue weighted by Gasteiger charge is 2.32. The van der Waals surface area contributed by atoms with E-state index in [2.05, 4.69) is 10.3 Å². The smallest absolute Gasteiger partial charge is 0.289 e. The van der Waals surface area contributed by atoms with Gasteiger partial charge in [0.1, 0.15) is 5.75 Å². The molecule has 2 amide bonds. The number of benzene rings is 2. The molecule has 1 saturated heterocycles. The van der Waals surface area contributed by atoms with Gasteiger partial charge < -0.3 is 19.9 Å². The average Bonchev–Trinajstić information content (AvgIpc) is 3.10. The van der Waals surface area contributed by atoms with Crippen molar-refractivity contribution in [1.82, 2.24) is 15.1 Å². The van der Waals surface area contributed by atoms with E-state index in [1.807, 2.05) is 56.4 Å². The maximum absolute atomic E-state index is 13.2. The van der Waals surface area contributed by atoms with Crippen LogP contribution < -0.4 is 10.1 Å². The third-order valence-electron chi connectivity index (χ3n) is 6.26. The minimum Gasteiger partial charge on any atom is -0.496 e. The van der Waals surface area contributed by atoms with Crippen LogP contribution in [0.4, 0.5) is 0 Å². The molecule has 0 spiro atoms. The van der Waals surface area contributed by atoms with Gasteiger partial charge in [-0.15, -0.1) is 0 Å². The van der Waals surface area contributed by atoms with Crippen LogP contribution in [-0.2, 0) is 4.79 Å². The van der Waals surface area contributed by atoms with E-state index in [0.29, 0.717) is 54.8 Å². The lowest BCUT2D eigenvalue weighted by Crippen LogP contribution is -2.57. The van der Waals surface area contributed by atoms with Gasteiger partial charge in [0.05, 0.1) is 7.11 Å². The molecule has 34 heavy (non-hydrogen) atoms. The molecule has 0 aromatic heterocycles. The van der Waals surface area contributed by atoms with E-state index in [0.717, 1.165) is 16.7 Å². The number of rotatable bonds is 4. The van der Waals surface area contributed by atoms with Gasteiger partial charge in [-0.25, -0.2) is 0 Å². The number of hydrogen-bond donors (Lipinski definition) is 1. The monoisotopic (exact) mass is 480 g/mol. The van der Waals surface area contributed by atoms with Crippen molar-refractivity contribution in [2.45, 2.75) is 26.3 Å². The number of nitrogens with one attached hydrogen (secondary N) is 1. The molecule has 178 valence electrons. The molecular weight excluding hydrogens is 452 g/mol. The fraction of sp³-hybridized carbons (Fsp3) is 0.346. The number of carbonyl (C=O) groups excluding carboxylic acids is 2. The lowest BCUT2D eigenvalue weighted by Gasteiger charge is -2.40. The molecule has 0 aliphatic carbocycles. The summed E-state index contributed by atoms with van der Waals surface area (Å²) in [4.78, 5) is 34.4. The summed E-state index contributed by atoms with van der Waals surface area (Å²) in [6, 6.07) is 13.0. The van der Waals surface area contributed by atoms with E-state index in [9.17, 15) is 9.59 Å². The highest BCUT2D eigenvalue weighted by molar-refractivity contribution is 6.38. The molecule has 2 aromatic carbocycles. The number of methoxy groups -OCH3 is 1. The lowest BCUT2D eigenvalue weighted by atomic mass is 10.0. The lowest BCUT2D eigenvalue weighted by molar-refractivity contribution is -0.128. The summed E-state index contributed by atoms with van der Waals surface area (Å²) in [7, 11) is 1.60. The number of hydrogen-bond acceptors (Lipinski definition) is 5. The van der Waals surface area contributed by atoms with Gasteiger partial charge in [0.2, 0.25) is 0 Å². The fourth-order valence-corrected chi connectivity index (χ4v) is 4.51. The minimum atomic E-state index is -0.153. The van der Waals surface area contributed by atoms with Crippen LogP contribution in [-0.4, -0.2) is 66.8 Å². The Hall–Kier alpha value is -3.32. The van der Waals surface area contributed by atoms with E-state index >= 15 is 0 Å². The summed E-state index contributed by atoms with van der Waals surface area (Å²) in [6.07, 6.45) is 2.55. The number of amidine groups is 1. The first-order valence-corrected chi connectivity index (χ1v) is 11.8. The molecule has 0 bridgehead atoms. The van der Waals surface area contributed by atoms with Crippen LogP contribution in [0.15, 0.2) is 53.7 Å². The number of amides is 2. The van der Waals surface area contributed by atoms with E-state index in [4.69, 9.17) is 16.3 Å². The van der Waals surface area contributed by atoms with Crippen LogP contribution in [0.1, 0.15) is 34.8 Å². The molecular formula is C26H29ClN4O3. The van der Waals surface area contributed by atoms with Crippen LogP contribution in [0.5, 0.6) is 5.75 Å². The van der Waals surface area contributed by atoms with E-state index in [-0.39, 0.29) is 17.9 Å². The van der Waals surface area contributed by atoms with Crippen LogP contribution in [0, 0.1) is 6.92 Å². The Morgan fingerprint density at radius 3 is 2.71 bits per heavy atom. The van der Waals surface area contributed by atoms with Gasteiger partial charge in [-0.05, 0) is 61.2 Å². The fourth-order valence-electron chi connectivity index (χ4n) is 4.32. The van der Waals surface area contributed by atoms with Gasteiger partial charge in [0.15, 0.2) is 5.84 Å². The first-order valence-electron chi connectivity index (χ1n) is 11.4. The number of aryl methyl sites for hydroxylation is 1. The van der Waals surface area contributed by atoms with Crippen LogP contribution in [0.25, 0.3) is 5.57 Å². The molecule has 2 aromatic rings. The van der Waals surface area contributed by atoms with Crippen molar-refractivity contribution in [1.29, 1.82) is 0 Å². The second-order valence-electron chi connectivity index (χ2n) is 8.59. The van der Waals surface area contributed by atoms with E-state index in [1.54, 1.807) is 23.0 Å². The topological polar surface area (TPSA) is 74.2 Å². The first kappa shape index (κ1) is 23.8. The Balaban J connectivity index is 1.41. The molecule has 1 atom stereocenters. The number of piperazine rings is 1. The van der Waals surface area contributed by atoms with Crippen molar-refractivity contribution in [3.05, 3.63) is 70.4 Å². The molecule has 0 saturated carbocycles. The van der Waals surface area contributed by atoms with Gasteiger partial charge in [-0.3, -0.25) is 14.6 Å². The molecule has 4 rings (SSSR count). The Bertz CT molecular complexity index is 1160. The van der Waals surface area contributed by atoms with Gasteiger partial charge in [0, 0.05) is 49.0 Å². The average molecular weight is 481 g/mol. The normalized spacial score (nSPS) is 18.4. The van der Waals surface area contributed by atoms with Crippen molar-refractivity contribution in [2.75, 3.05) is 33.3 Å². The first-order chi connectivity index (χ1) is 16.4. The molecule has 1 N–H and O–H groups in total. The number of halogens is 1. The second kappa shape index (κ2) is 10.3. The van der Waals surface area contributed by atoms with E-state index < -0.39 is 0 Å². The quantitative estimate of drug-likeness (QED) is 0.723. The molecule has 2 heterocycles. The second-order valence-corrected chi connectivity index (χ2v) is 9.02. The molecule has 7 nitrogen and oxygen atoms in total. The largest absolute Gasteiger partial charge is 0.496 e. The third kappa shape index (κ3) is 5.09. The van der Waals surface area contributed by atoms with Crippen molar-refractivity contribution in [3.8, 4) is 5.75 Å². The molecule has 1 unspecified atom stereocenters. The molecule has 2 aliphatic rings. The Labute approximate surface area is 205 Å². The van der Waals surface area contributed by atoms with Crippen molar-refractivity contribution >= 4 is 34.8 Å². The zero-order valence-electron chi connectivity index (χ0n) is 19.7.